The van der Waals surface area contributed by atoms with E-state index in [0.29, 0.717) is 31.2 Å². The van der Waals surface area contributed by atoms with Gasteiger partial charge in [0.2, 0.25) is 0 Å². The summed E-state index contributed by atoms with van der Waals surface area (Å²) < 4.78 is 5.29. The van der Waals surface area contributed by atoms with Crippen LogP contribution in [-0.4, -0.2) is 39.7 Å². The lowest BCUT2D eigenvalue weighted by molar-refractivity contribution is 0.171. The number of nitrogen functional groups attached to an aromatic ring is 1. The third-order valence-corrected chi connectivity index (χ3v) is 3.93. The van der Waals surface area contributed by atoms with Crippen LogP contribution in [0.3, 0.4) is 0 Å². The van der Waals surface area contributed by atoms with Crippen LogP contribution in [0.4, 0.5) is 5.82 Å². The maximum Gasteiger partial charge on any atom is 0.144 e. The lowest BCUT2D eigenvalue weighted by Crippen LogP contribution is -2.25. The fraction of sp³-hybridized carbons (Fsp3) is 0.375. The van der Waals surface area contributed by atoms with E-state index in [1.807, 2.05) is 18.2 Å². The number of methoxy groups -OCH3 is 1. The summed E-state index contributed by atoms with van der Waals surface area (Å²) >= 11 is 0. The van der Waals surface area contributed by atoms with Gasteiger partial charge in [0.1, 0.15) is 17.4 Å². The van der Waals surface area contributed by atoms with Crippen LogP contribution in [-0.2, 0) is 6.54 Å². The number of aromatic nitrogens is 2. The molecule has 0 saturated carbocycles. The van der Waals surface area contributed by atoms with Gasteiger partial charge in [0.15, 0.2) is 0 Å². The van der Waals surface area contributed by atoms with Gasteiger partial charge in [-0.25, -0.2) is 9.97 Å². The van der Waals surface area contributed by atoms with Crippen LogP contribution in [0.15, 0.2) is 36.5 Å². The molecule has 1 aromatic carbocycles. The number of ether oxygens (including phenoxy) is 1. The van der Waals surface area contributed by atoms with E-state index in [1.54, 1.807) is 19.4 Å². The maximum absolute atomic E-state index is 10.1. The van der Waals surface area contributed by atoms with E-state index in [9.17, 15) is 5.11 Å². The number of aliphatic hydroxyl groups excluding tert-OH is 1. The number of nitrogens with two attached hydrogens (primary N) is 1. The van der Waals surface area contributed by atoms with E-state index in [-0.39, 0.29) is 12.1 Å². The number of hydrogen-bond acceptors (Lipinski definition) is 6. The highest BCUT2D eigenvalue weighted by Gasteiger charge is 2.32. The molecule has 1 fully saturated rings. The zero-order valence-electron chi connectivity index (χ0n) is 12.5. The predicted octanol–water partition coefficient (Wildman–Crippen LogP) is 1.38. The summed E-state index contributed by atoms with van der Waals surface area (Å²) in [6, 6.07) is 9.74. The highest BCUT2D eigenvalue weighted by Crippen LogP contribution is 2.34. The van der Waals surface area contributed by atoms with Gasteiger partial charge < -0.3 is 15.6 Å². The van der Waals surface area contributed by atoms with Gasteiger partial charge in [-0.3, -0.25) is 4.90 Å². The Kier molecular flexibility index (Phi) is 4.22. The van der Waals surface area contributed by atoms with Crippen LogP contribution >= 0.6 is 0 Å². The summed E-state index contributed by atoms with van der Waals surface area (Å²) in [5.74, 6) is 1.95. The second-order valence-corrected chi connectivity index (χ2v) is 5.51. The van der Waals surface area contributed by atoms with Crippen molar-refractivity contribution in [1.29, 1.82) is 0 Å². The first kappa shape index (κ1) is 14.7. The molecular formula is C16H20N4O2. The average molecular weight is 300 g/mol. The smallest absolute Gasteiger partial charge is 0.144 e. The van der Waals surface area contributed by atoms with E-state index in [0.717, 1.165) is 11.3 Å². The van der Waals surface area contributed by atoms with Crippen LogP contribution in [0.25, 0.3) is 0 Å². The van der Waals surface area contributed by atoms with Gasteiger partial charge in [-0.2, -0.15) is 0 Å². The molecule has 2 atom stereocenters. The molecular weight excluding hydrogens is 280 g/mol. The number of aliphatic hydroxyl groups is 1. The minimum atomic E-state index is -0.350. The number of rotatable bonds is 4. The molecule has 0 amide bonds. The van der Waals surface area contributed by atoms with Crippen LogP contribution in [0.1, 0.15) is 23.9 Å². The first-order valence-electron chi connectivity index (χ1n) is 7.29. The average Bonchev–Trinajstić information content (AvgIpc) is 2.88. The van der Waals surface area contributed by atoms with Crippen LogP contribution in [0.2, 0.25) is 0 Å². The van der Waals surface area contributed by atoms with Gasteiger partial charge in [0.25, 0.3) is 0 Å². The number of β-amino-alcohol motifs (C(OH)–C–C–N with tert-alkyl or cyclic N) is 1. The Morgan fingerprint density at radius 1 is 1.41 bits per heavy atom. The molecule has 6 nitrogen and oxygen atoms in total. The molecule has 2 heterocycles. The van der Waals surface area contributed by atoms with Gasteiger partial charge in [-0.1, -0.05) is 12.1 Å². The number of hydrogen-bond donors (Lipinski definition) is 2. The van der Waals surface area contributed by atoms with Crippen molar-refractivity contribution in [1.82, 2.24) is 14.9 Å². The fourth-order valence-corrected chi connectivity index (χ4v) is 2.92. The topological polar surface area (TPSA) is 84.5 Å². The van der Waals surface area contributed by atoms with Crippen molar-refractivity contribution in [2.24, 2.45) is 0 Å². The monoisotopic (exact) mass is 300 g/mol. The van der Waals surface area contributed by atoms with Crippen molar-refractivity contribution in [3.8, 4) is 5.75 Å². The SMILES string of the molecule is COc1cccc([C@@H]2C[C@H](O)CN2Cc2nccc(N)n2)c1. The molecule has 0 spiro atoms. The summed E-state index contributed by atoms with van der Waals surface area (Å²) in [7, 11) is 1.65. The lowest BCUT2D eigenvalue weighted by Gasteiger charge is -2.24. The standard InChI is InChI=1S/C16H20N4O2/c1-22-13-4-2-3-11(7-13)14-8-12(21)9-20(14)10-16-18-6-5-15(17)19-16/h2-7,12,14,21H,8-10H2,1H3,(H2,17,18,19)/t12-,14-/m0/s1. The molecule has 2 aromatic rings. The molecule has 116 valence electrons. The third kappa shape index (κ3) is 3.18. The van der Waals surface area contributed by atoms with Gasteiger partial charge >= 0.3 is 0 Å². The lowest BCUT2D eigenvalue weighted by atomic mass is 10.0. The number of benzene rings is 1. The van der Waals surface area contributed by atoms with E-state index in [4.69, 9.17) is 10.5 Å². The second-order valence-electron chi connectivity index (χ2n) is 5.51. The van der Waals surface area contributed by atoms with Crippen molar-refractivity contribution in [2.75, 3.05) is 19.4 Å². The van der Waals surface area contributed by atoms with Crippen molar-refractivity contribution in [3.05, 3.63) is 47.9 Å². The number of nitrogens with zero attached hydrogens (tertiary/aromatic N) is 3. The molecule has 1 saturated heterocycles. The zero-order chi connectivity index (χ0) is 15.5. The summed E-state index contributed by atoms with van der Waals surface area (Å²) in [4.78, 5) is 10.7. The first-order chi connectivity index (χ1) is 10.7. The fourth-order valence-electron chi connectivity index (χ4n) is 2.92. The third-order valence-electron chi connectivity index (χ3n) is 3.93. The Bertz CT molecular complexity index is 650. The predicted molar refractivity (Wildman–Crippen MR) is 83.2 cm³/mol. The molecule has 3 N–H and O–H groups in total. The number of anilines is 1. The van der Waals surface area contributed by atoms with Gasteiger partial charge in [0.05, 0.1) is 19.8 Å². The molecule has 0 bridgehead atoms. The van der Waals surface area contributed by atoms with Crippen LogP contribution < -0.4 is 10.5 Å². The van der Waals surface area contributed by atoms with Crippen molar-refractivity contribution in [3.63, 3.8) is 0 Å². The van der Waals surface area contributed by atoms with Crippen molar-refractivity contribution >= 4 is 5.82 Å². The van der Waals surface area contributed by atoms with Crippen molar-refractivity contribution in [2.45, 2.75) is 25.1 Å². The van der Waals surface area contributed by atoms with Gasteiger partial charge in [-0.05, 0) is 30.2 Å². The molecule has 0 aliphatic carbocycles. The van der Waals surface area contributed by atoms with Gasteiger partial charge in [0, 0.05) is 18.8 Å². The quantitative estimate of drug-likeness (QED) is 0.887. The van der Waals surface area contributed by atoms with E-state index in [2.05, 4.69) is 20.9 Å². The molecule has 1 aliphatic heterocycles. The van der Waals surface area contributed by atoms with Crippen LogP contribution in [0, 0.1) is 0 Å². The van der Waals surface area contributed by atoms with E-state index >= 15 is 0 Å². The summed E-state index contributed by atoms with van der Waals surface area (Å²) in [6.45, 7) is 1.16. The Morgan fingerprint density at radius 3 is 3.05 bits per heavy atom. The Hall–Kier alpha value is -2.18. The second kappa shape index (κ2) is 6.29. The largest absolute Gasteiger partial charge is 0.497 e. The molecule has 22 heavy (non-hydrogen) atoms. The highest BCUT2D eigenvalue weighted by molar-refractivity contribution is 5.31. The Balaban J connectivity index is 1.82. The normalized spacial score (nSPS) is 21.9. The minimum absolute atomic E-state index is 0.120. The molecule has 1 aromatic heterocycles. The summed E-state index contributed by atoms with van der Waals surface area (Å²) in [5, 5.41) is 10.1. The maximum atomic E-state index is 10.1. The minimum Gasteiger partial charge on any atom is -0.497 e. The highest BCUT2D eigenvalue weighted by atomic mass is 16.5. The molecule has 1 aliphatic rings. The Morgan fingerprint density at radius 2 is 2.27 bits per heavy atom. The first-order valence-corrected chi connectivity index (χ1v) is 7.29. The molecule has 0 radical (unpaired) electrons. The van der Waals surface area contributed by atoms with E-state index in [1.165, 1.54) is 0 Å². The Labute approximate surface area is 129 Å². The summed E-state index contributed by atoms with van der Waals surface area (Å²) in [6.07, 6.45) is 2.00. The molecule has 0 unspecified atom stereocenters. The number of likely N-dealkylation sites (tertiary alicyclic amines) is 1. The molecule has 3 rings (SSSR count). The van der Waals surface area contributed by atoms with E-state index < -0.39 is 0 Å². The van der Waals surface area contributed by atoms with Crippen LogP contribution in [0.5, 0.6) is 5.75 Å². The molecule has 6 heteroatoms. The van der Waals surface area contributed by atoms with Gasteiger partial charge in [-0.15, -0.1) is 0 Å². The zero-order valence-corrected chi connectivity index (χ0v) is 12.5. The summed E-state index contributed by atoms with van der Waals surface area (Å²) in [5.41, 5.74) is 6.83. The van der Waals surface area contributed by atoms with Crippen molar-refractivity contribution < 1.29 is 9.84 Å².